The van der Waals surface area contributed by atoms with Gasteiger partial charge in [0.25, 0.3) is 5.56 Å². The largest absolute Gasteiger partial charge is 0.280 e. The Morgan fingerprint density at radius 1 is 1.33 bits per heavy atom. The van der Waals surface area contributed by atoms with Crippen molar-refractivity contribution in [2.45, 2.75) is 19.9 Å². The maximum atomic E-state index is 12.0. The normalized spacial score (nSPS) is 11.2. The van der Waals surface area contributed by atoms with Crippen LogP contribution in [0.15, 0.2) is 29.1 Å². The Hall–Kier alpha value is -1.35. The molecule has 0 bridgehead atoms. The van der Waals surface area contributed by atoms with Gasteiger partial charge in [-0.3, -0.25) is 9.36 Å². The van der Waals surface area contributed by atoms with Crippen LogP contribution in [-0.4, -0.2) is 9.55 Å². The Kier molecular flexibility index (Phi) is 2.49. The highest BCUT2D eigenvalue weighted by molar-refractivity contribution is 6.28. The number of benzene rings is 1. The van der Waals surface area contributed by atoms with Gasteiger partial charge in [0.05, 0.1) is 10.9 Å². The molecule has 0 aliphatic rings. The van der Waals surface area contributed by atoms with E-state index in [1.54, 1.807) is 12.1 Å². The summed E-state index contributed by atoms with van der Waals surface area (Å²) in [4.78, 5) is 16.2. The van der Waals surface area contributed by atoms with Crippen molar-refractivity contribution in [2.75, 3.05) is 0 Å². The Labute approximate surface area is 92.3 Å². The van der Waals surface area contributed by atoms with E-state index in [-0.39, 0.29) is 16.9 Å². The third-order valence-electron chi connectivity index (χ3n) is 2.28. The summed E-state index contributed by atoms with van der Waals surface area (Å²) >= 11 is 5.96. The van der Waals surface area contributed by atoms with Crippen molar-refractivity contribution in [2.24, 2.45) is 0 Å². The highest BCUT2D eigenvalue weighted by Crippen LogP contribution is 2.14. The van der Waals surface area contributed by atoms with Crippen molar-refractivity contribution in [1.82, 2.24) is 9.55 Å². The highest BCUT2D eigenvalue weighted by Gasteiger charge is 2.10. The van der Waals surface area contributed by atoms with Gasteiger partial charge in [0, 0.05) is 6.04 Å². The van der Waals surface area contributed by atoms with Crippen molar-refractivity contribution in [3.63, 3.8) is 0 Å². The fraction of sp³-hybridized carbons (Fsp3) is 0.273. The van der Waals surface area contributed by atoms with E-state index in [9.17, 15) is 4.79 Å². The molecule has 4 heteroatoms. The van der Waals surface area contributed by atoms with Crippen LogP contribution >= 0.6 is 11.6 Å². The minimum absolute atomic E-state index is 0.0158. The second kappa shape index (κ2) is 3.66. The summed E-state index contributed by atoms with van der Waals surface area (Å²) in [6.07, 6.45) is 0. The number of hydrogen-bond acceptors (Lipinski definition) is 2. The molecule has 0 spiro atoms. The molecule has 0 saturated carbocycles. The van der Waals surface area contributed by atoms with Crippen LogP contribution < -0.4 is 5.56 Å². The van der Waals surface area contributed by atoms with E-state index in [0.717, 1.165) is 0 Å². The van der Waals surface area contributed by atoms with Crippen LogP contribution in [-0.2, 0) is 0 Å². The van der Waals surface area contributed by atoms with Crippen LogP contribution in [0.25, 0.3) is 10.9 Å². The molecule has 0 saturated heterocycles. The van der Waals surface area contributed by atoms with Gasteiger partial charge in [-0.1, -0.05) is 12.1 Å². The van der Waals surface area contributed by atoms with E-state index in [2.05, 4.69) is 4.98 Å². The van der Waals surface area contributed by atoms with Gasteiger partial charge in [-0.2, -0.15) is 0 Å². The van der Waals surface area contributed by atoms with Crippen LogP contribution in [0.2, 0.25) is 5.28 Å². The summed E-state index contributed by atoms with van der Waals surface area (Å²) in [5.74, 6) is 0. The van der Waals surface area contributed by atoms with Gasteiger partial charge in [-0.25, -0.2) is 4.98 Å². The van der Waals surface area contributed by atoms with Gasteiger partial charge in [-0.15, -0.1) is 0 Å². The van der Waals surface area contributed by atoms with Crippen LogP contribution in [0.3, 0.4) is 0 Å². The topological polar surface area (TPSA) is 34.9 Å². The van der Waals surface area contributed by atoms with Gasteiger partial charge in [-0.05, 0) is 37.6 Å². The molecule has 2 aromatic rings. The number of fused-ring (bicyclic) bond motifs is 1. The zero-order chi connectivity index (χ0) is 11.0. The molecule has 15 heavy (non-hydrogen) atoms. The maximum Gasteiger partial charge on any atom is 0.262 e. The first-order valence-corrected chi connectivity index (χ1v) is 5.16. The molecule has 1 aromatic carbocycles. The number of nitrogens with zero attached hydrogens (tertiary/aromatic N) is 2. The molecule has 0 aliphatic heterocycles. The quantitative estimate of drug-likeness (QED) is 0.696. The van der Waals surface area contributed by atoms with Crippen molar-refractivity contribution in [1.29, 1.82) is 0 Å². The molecule has 0 aliphatic carbocycles. The number of halogens is 1. The number of rotatable bonds is 1. The average Bonchev–Trinajstić information content (AvgIpc) is 2.17. The second-order valence-electron chi connectivity index (χ2n) is 3.67. The first-order chi connectivity index (χ1) is 7.11. The molecule has 78 valence electrons. The van der Waals surface area contributed by atoms with Crippen molar-refractivity contribution >= 4 is 22.5 Å². The minimum atomic E-state index is -0.0828. The monoisotopic (exact) mass is 222 g/mol. The lowest BCUT2D eigenvalue weighted by Crippen LogP contribution is -2.23. The second-order valence-corrected chi connectivity index (χ2v) is 4.00. The van der Waals surface area contributed by atoms with E-state index in [1.165, 1.54) is 4.57 Å². The molecule has 0 N–H and O–H groups in total. The van der Waals surface area contributed by atoms with Gasteiger partial charge in [0.2, 0.25) is 5.28 Å². The summed E-state index contributed by atoms with van der Waals surface area (Å²) in [5, 5.41) is 0.851. The molecule has 0 atom stereocenters. The standard InChI is InChI=1S/C11H11ClN2O/c1-7(2)14-10(15)8-5-3-4-6-9(8)13-11(14)12/h3-7H,1-2H3. The molecule has 1 heterocycles. The predicted octanol–water partition coefficient (Wildman–Crippen LogP) is 2.63. The fourth-order valence-corrected chi connectivity index (χ4v) is 1.93. The van der Waals surface area contributed by atoms with E-state index in [1.807, 2.05) is 26.0 Å². The Balaban J connectivity index is 2.91. The third kappa shape index (κ3) is 1.63. The summed E-state index contributed by atoms with van der Waals surface area (Å²) in [5.41, 5.74) is 0.560. The lowest BCUT2D eigenvalue weighted by atomic mass is 10.2. The lowest BCUT2D eigenvalue weighted by molar-refractivity contribution is 0.574. The SMILES string of the molecule is CC(C)n1c(Cl)nc2ccccc2c1=O. The summed E-state index contributed by atoms with van der Waals surface area (Å²) in [6, 6.07) is 7.23. The summed E-state index contributed by atoms with van der Waals surface area (Å²) < 4.78 is 1.49. The maximum absolute atomic E-state index is 12.0. The zero-order valence-corrected chi connectivity index (χ0v) is 9.32. The Bertz CT molecular complexity index is 560. The number of aromatic nitrogens is 2. The minimum Gasteiger partial charge on any atom is -0.280 e. The third-order valence-corrected chi connectivity index (χ3v) is 2.55. The van der Waals surface area contributed by atoms with Gasteiger partial charge < -0.3 is 0 Å². The molecular formula is C11H11ClN2O. The fourth-order valence-electron chi connectivity index (χ4n) is 1.57. The van der Waals surface area contributed by atoms with Gasteiger partial charge in [0.15, 0.2) is 0 Å². The smallest absolute Gasteiger partial charge is 0.262 e. The molecule has 0 unspecified atom stereocenters. The van der Waals surface area contributed by atoms with Gasteiger partial charge >= 0.3 is 0 Å². The predicted molar refractivity (Wildman–Crippen MR) is 61.4 cm³/mol. The molecule has 1 aromatic heterocycles. The van der Waals surface area contributed by atoms with Crippen LogP contribution in [0.4, 0.5) is 0 Å². The molecule has 2 rings (SSSR count). The van der Waals surface area contributed by atoms with Crippen LogP contribution in [0, 0.1) is 0 Å². The molecule has 0 fully saturated rings. The average molecular weight is 223 g/mol. The highest BCUT2D eigenvalue weighted by atomic mass is 35.5. The first-order valence-electron chi connectivity index (χ1n) is 4.78. The van der Waals surface area contributed by atoms with Gasteiger partial charge in [0.1, 0.15) is 0 Å². The molecule has 3 nitrogen and oxygen atoms in total. The van der Waals surface area contributed by atoms with E-state index >= 15 is 0 Å². The van der Waals surface area contributed by atoms with E-state index < -0.39 is 0 Å². The van der Waals surface area contributed by atoms with Crippen LogP contribution in [0.5, 0.6) is 0 Å². The Morgan fingerprint density at radius 2 is 2.00 bits per heavy atom. The number of para-hydroxylation sites is 1. The molecule has 0 radical (unpaired) electrons. The van der Waals surface area contributed by atoms with E-state index in [0.29, 0.717) is 10.9 Å². The first kappa shape index (κ1) is 10.2. The van der Waals surface area contributed by atoms with Crippen LogP contribution in [0.1, 0.15) is 19.9 Å². The van der Waals surface area contributed by atoms with Crippen molar-refractivity contribution in [3.05, 3.63) is 39.9 Å². The van der Waals surface area contributed by atoms with Crippen molar-refractivity contribution < 1.29 is 0 Å². The van der Waals surface area contributed by atoms with Crippen molar-refractivity contribution in [3.8, 4) is 0 Å². The Morgan fingerprint density at radius 3 is 2.67 bits per heavy atom. The molecular weight excluding hydrogens is 212 g/mol. The number of hydrogen-bond donors (Lipinski definition) is 0. The summed E-state index contributed by atoms with van der Waals surface area (Å²) in [6.45, 7) is 3.81. The molecule has 0 amide bonds. The lowest BCUT2D eigenvalue weighted by Gasteiger charge is -2.12. The zero-order valence-electron chi connectivity index (χ0n) is 8.57. The van der Waals surface area contributed by atoms with E-state index in [4.69, 9.17) is 11.6 Å². The summed E-state index contributed by atoms with van der Waals surface area (Å²) in [7, 11) is 0.